The minimum atomic E-state index is 0.159. The first-order chi connectivity index (χ1) is 17.1. The molecule has 0 aliphatic heterocycles. The van der Waals surface area contributed by atoms with Gasteiger partial charge in [0.2, 0.25) is 0 Å². The second-order valence-electron chi connectivity index (χ2n) is 12.3. The summed E-state index contributed by atoms with van der Waals surface area (Å²) in [6.45, 7) is 13.7. The lowest BCUT2D eigenvalue weighted by Crippen LogP contribution is -2.10. The van der Waals surface area contributed by atoms with Gasteiger partial charge in [-0.1, -0.05) is 144 Å². The fourth-order valence-electron chi connectivity index (χ4n) is 5.30. The first-order valence-corrected chi connectivity index (χ1v) is 13.2. The van der Waals surface area contributed by atoms with Crippen LogP contribution in [0.1, 0.15) is 69.4 Å². The van der Waals surface area contributed by atoms with Crippen molar-refractivity contribution in [2.45, 2.75) is 65.2 Å². The lowest BCUT2D eigenvalue weighted by Gasteiger charge is -2.20. The second kappa shape index (κ2) is 9.25. The number of hydrogen-bond donors (Lipinski definition) is 0. The molecule has 0 radical (unpaired) electrons. The molecule has 0 nitrogen and oxygen atoms in total. The molecule has 0 aromatic heterocycles. The molecule has 0 saturated carbocycles. The summed E-state index contributed by atoms with van der Waals surface area (Å²) in [6, 6.07) is 33.9. The van der Waals surface area contributed by atoms with Gasteiger partial charge in [-0.25, -0.2) is 0 Å². The summed E-state index contributed by atoms with van der Waals surface area (Å²) in [7, 11) is 0. The van der Waals surface area contributed by atoms with Gasteiger partial charge in [-0.3, -0.25) is 0 Å². The average Bonchev–Trinajstić information content (AvgIpc) is 3.26. The Kier molecular flexibility index (Phi) is 6.25. The van der Waals surface area contributed by atoms with Crippen molar-refractivity contribution in [1.29, 1.82) is 0 Å². The smallest absolute Gasteiger partial charge is 0.00481 e. The molecule has 0 spiro atoms. The van der Waals surface area contributed by atoms with E-state index in [1.807, 2.05) is 0 Å². The fourth-order valence-corrected chi connectivity index (χ4v) is 5.30. The highest BCUT2D eigenvalue weighted by Crippen LogP contribution is 2.41. The van der Waals surface area contributed by atoms with E-state index in [4.69, 9.17) is 0 Å². The SMILES string of the molecule is CC(C)(C)c1ccc(-c2ccc(-c3ccc(C(C)(C)C)cc3)c3c2C=C(Cc2ccccc2)C3)cc1. The third-order valence-corrected chi connectivity index (χ3v) is 7.51. The van der Waals surface area contributed by atoms with Crippen molar-refractivity contribution in [3.8, 4) is 22.3 Å². The van der Waals surface area contributed by atoms with Gasteiger partial charge in [0.1, 0.15) is 0 Å². The van der Waals surface area contributed by atoms with Crippen molar-refractivity contribution in [2.75, 3.05) is 0 Å². The second-order valence-corrected chi connectivity index (χ2v) is 12.3. The van der Waals surface area contributed by atoms with E-state index in [2.05, 4.69) is 139 Å². The van der Waals surface area contributed by atoms with Gasteiger partial charge in [-0.15, -0.1) is 0 Å². The third kappa shape index (κ3) is 4.96. The van der Waals surface area contributed by atoms with E-state index in [0.717, 1.165) is 12.8 Å². The van der Waals surface area contributed by atoms with Gasteiger partial charge in [0.15, 0.2) is 0 Å². The number of rotatable bonds is 4. The Balaban J connectivity index is 1.57. The van der Waals surface area contributed by atoms with Crippen LogP contribution < -0.4 is 0 Å². The van der Waals surface area contributed by atoms with Crippen LogP contribution in [0.3, 0.4) is 0 Å². The summed E-state index contributed by atoms with van der Waals surface area (Å²) in [6.07, 6.45) is 4.47. The summed E-state index contributed by atoms with van der Waals surface area (Å²) in [5, 5.41) is 0. The maximum Gasteiger partial charge on any atom is -0.00481 e. The zero-order valence-corrected chi connectivity index (χ0v) is 22.7. The normalized spacial score (nSPS) is 13.4. The molecule has 0 saturated heterocycles. The van der Waals surface area contributed by atoms with Gasteiger partial charge in [0, 0.05) is 0 Å². The third-order valence-electron chi connectivity index (χ3n) is 7.51. The van der Waals surface area contributed by atoms with Crippen molar-refractivity contribution >= 4 is 6.08 Å². The lowest BCUT2D eigenvalue weighted by atomic mass is 9.84. The standard InChI is InChI=1S/C36H38/c1-35(2,3)29-16-12-27(13-17-29)31-20-21-32(28-14-18-30(19-15-28)36(4,5)6)34-24-26(23-33(31)34)22-25-10-8-7-9-11-25/h7-21,23H,22,24H2,1-6H3. The van der Waals surface area contributed by atoms with Gasteiger partial charge in [0.05, 0.1) is 0 Å². The Hall–Kier alpha value is -3.38. The Morgan fingerprint density at radius 2 is 1.06 bits per heavy atom. The van der Waals surface area contributed by atoms with Crippen LogP contribution in [0.25, 0.3) is 28.3 Å². The zero-order valence-electron chi connectivity index (χ0n) is 22.7. The molecule has 36 heavy (non-hydrogen) atoms. The summed E-state index contributed by atoms with van der Waals surface area (Å²) in [5.74, 6) is 0. The average molecular weight is 471 g/mol. The van der Waals surface area contributed by atoms with E-state index in [9.17, 15) is 0 Å². The molecule has 1 aliphatic carbocycles. The van der Waals surface area contributed by atoms with Gasteiger partial charge in [-0.05, 0) is 73.7 Å². The molecule has 0 bridgehead atoms. The van der Waals surface area contributed by atoms with Crippen molar-refractivity contribution in [3.63, 3.8) is 0 Å². The number of benzene rings is 4. The molecule has 0 atom stereocenters. The molecule has 0 unspecified atom stereocenters. The van der Waals surface area contributed by atoms with Crippen LogP contribution in [-0.4, -0.2) is 0 Å². The Bertz CT molecular complexity index is 1380. The first kappa shape index (κ1) is 24.3. The molecule has 0 N–H and O–H groups in total. The number of hydrogen-bond acceptors (Lipinski definition) is 0. The predicted molar refractivity (Wildman–Crippen MR) is 157 cm³/mol. The number of allylic oxidation sites excluding steroid dienone is 1. The molecule has 4 aromatic carbocycles. The van der Waals surface area contributed by atoms with E-state index in [1.54, 1.807) is 0 Å². The molecule has 0 fully saturated rings. The van der Waals surface area contributed by atoms with Gasteiger partial charge >= 0.3 is 0 Å². The molecule has 0 heterocycles. The van der Waals surface area contributed by atoms with E-state index < -0.39 is 0 Å². The van der Waals surface area contributed by atoms with Crippen LogP contribution in [0.15, 0.2) is 96.6 Å². The molecule has 4 aromatic rings. The fraction of sp³-hybridized carbons (Fsp3) is 0.278. The van der Waals surface area contributed by atoms with Crippen LogP contribution in [0.2, 0.25) is 0 Å². The topological polar surface area (TPSA) is 0 Å². The molecule has 1 aliphatic rings. The van der Waals surface area contributed by atoms with Gasteiger partial charge in [0.25, 0.3) is 0 Å². The van der Waals surface area contributed by atoms with Crippen LogP contribution in [0, 0.1) is 0 Å². The van der Waals surface area contributed by atoms with Crippen LogP contribution in [0.5, 0.6) is 0 Å². The van der Waals surface area contributed by atoms with Gasteiger partial charge < -0.3 is 0 Å². The zero-order chi connectivity index (χ0) is 25.5. The molecule has 0 amide bonds. The minimum absolute atomic E-state index is 0.159. The highest BCUT2D eigenvalue weighted by Gasteiger charge is 2.22. The molecular weight excluding hydrogens is 432 g/mol. The molecule has 0 heteroatoms. The van der Waals surface area contributed by atoms with Gasteiger partial charge in [-0.2, -0.15) is 0 Å². The van der Waals surface area contributed by atoms with Crippen molar-refractivity contribution in [1.82, 2.24) is 0 Å². The van der Waals surface area contributed by atoms with E-state index >= 15 is 0 Å². The van der Waals surface area contributed by atoms with Crippen LogP contribution in [-0.2, 0) is 23.7 Å². The lowest BCUT2D eigenvalue weighted by molar-refractivity contribution is 0.590. The largest absolute Gasteiger partial charge is 0.0622 e. The highest BCUT2D eigenvalue weighted by atomic mass is 14.3. The van der Waals surface area contributed by atoms with E-state index in [0.29, 0.717) is 0 Å². The highest BCUT2D eigenvalue weighted by molar-refractivity contribution is 5.87. The Labute approximate surface area is 217 Å². The van der Waals surface area contributed by atoms with Crippen molar-refractivity contribution in [3.05, 3.63) is 124 Å². The van der Waals surface area contributed by atoms with Crippen LogP contribution in [0.4, 0.5) is 0 Å². The minimum Gasteiger partial charge on any atom is -0.0622 e. The van der Waals surface area contributed by atoms with Crippen LogP contribution >= 0.6 is 0 Å². The molecule has 5 rings (SSSR count). The summed E-state index contributed by atoms with van der Waals surface area (Å²) in [5.41, 5.74) is 14.1. The molecular formula is C36H38. The molecule has 182 valence electrons. The Morgan fingerprint density at radius 3 is 1.58 bits per heavy atom. The number of fused-ring (bicyclic) bond motifs is 1. The first-order valence-electron chi connectivity index (χ1n) is 13.2. The maximum absolute atomic E-state index is 2.46. The summed E-state index contributed by atoms with van der Waals surface area (Å²) >= 11 is 0. The Morgan fingerprint density at radius 1 is 0.556 bits per heavy atom. The van der Waals surface area contributed by atoms with E-state index in [-0.39, 0.29) is 10.8 Å². The van der Waals surface area contributed by atoms with E-state index in [1.165, 1.54) is 55.6 Å². The quantitative estimate of drug-likeness (QED) is 0.278. The predicted octanol–water partition coefficient (Wildman–Crippen LogP) is 9.80. The monoisotopic (exact) mass is 470 g/mol. The maximum atomic E-state index is 2.46. The van der Waals surface area contributed by atoms with Crippen molar-refractivity contribution in [2.24, 2.45) is 0 Å². The van der Waals surface area contributed by atoms with Crippen molar-refractivity contribution < 1.29 is 0 Å². The summed E-state index contributed by atoms with van der Waals surface area (Å²) in [4.78, 5) is 0. The summed E-state index contributed by atoms with van der Waals surface area (Å²) < 4.78 is 0.